The van der Waals surface area contributed by atoms with Crippen LogP contribution < -0.4 is 10.6 Å². The van der Waals surface area contributed by atoms with Crippen LogP contribution in [0.2, 0.25) is 0 Å². The second-order valence-corrected chi connectivity index (χ2v) is 6.86. The number of nitrogens with one attached hydrogen (secondary N) is 2. The van der Waals surface area contributed by atoms with Gasteiger partial charge in [-0.1, -0.05) is 5.92 Å². The number of carbonyl (C=O) groups is 3. The molecule has 26 heavy (non-hydrogen) atoms. The molecule has 3 N–H and O–H groups in total. The van der Waals surface area contributed by atoms with E-state index in [0.717, 1.165) is 32.4 Å². The zero-order chi connectivity index (χ0) is 18.2. The van der Waals surface area contributed by atoms with Crippen molar-refractivity contribution in [1.82, 2.24) is 15.5 Å². The number of terminal acetylenes is 1. The van der Waals surface area contributed by atoms with Crippen LogP contribution in [-0.2, 0) is 14.4 Å². The molecule has 7 nitrogen and oxygen atoms in total. The molecular weight excluding hydrogens is 358 g/mol. The molecule has 8 heteroatoms. The van der Waals surface area contributed by atoms with E-state index in [0.29, 0.717) is 31.8 Å². The van der Waals surface area contributed by atoms with Crippen molar-refractivity contribution in [2.45, 2.75) is 32.1 Å². The summed E-state index contributed by atoms with van der Waals surface area (Å²) in [5.74, 6) is 0.215. The zero-order valence-electron chi connectivity index (χ0n) is 14.9. The summed E-state index contributed by atoms with van der Waals surface area (Å²) in [6.07, 6.45) is 9.44. The minimum absolute atomic E-state index is 0. The molecule has 0 aliphatic carbocycles. The Morgan fingerprint density at radius 2 is 1.96 bits per heavy atom. The minimum atomic E-state index is -1.12. The number of aliphatic carboxylic acids is 1. The highest BCUT2D eigenvalue weighted by Crippen LogP contribution is 2.21. The fourth-order valence-electron chi connectivity index (χ4n) is 3.42. The third-order valence-corrected chi connectivity index (χ3v) is 5.12. The monoisotopic (exact) mass is 385 g/mol. The average Bonchev–Trinajstić information content (AvgIpc) is 3.11. The highest BCUT2D eigenvalue weighted by atomic mass is 35.5. The average molecular weight is 386 g/mol. The van der Waals surface area contributed by atoms with E-state index < -0.39 is 11.9 Å². The van der Waals surface area contributed by atoms with E-state index in [1.807, 2.05) is 0 Å². The normalized spacial score (nSPS) is 21.3. The van der Waals surface area contributed by atoms with Crippen molar-refractivity contribution in [2.24, 2.45) is 17.8 Å². The van der Waals surface area contributed by atoms with Gasteiger partial charge in [0.25, 0.3) is 0 Å². The van der Waals surface area contributed by atoms with Crippen LogP contribution in [0.1, 0.15) is 32.1 Å². The van der Waals surface area contributed by atoms with E-state index in [1.165, 1.54) is 0 Å². The molecule has 0 radical (unpaired) electrons. The molecule has 0 spiro atoms. The van der Waals surface area contributed by atoms with Gasteiger partial charge in [0.2, 0.25) is 11.8 Å². The number of piperidine rings is 1. The molecule has 146 valence electrons. The summed E-state index contributed by atoms with van der Waals surface area (Å²) in [5.41, 5.74) is 0. The Bertz CT molecular complexity index is 543. The van der Waals surface area contributed by atoms with Gasteiger partial charge < -0.3 is 20.6 Å². The molecule has 0 bridgehead atoms. The summed E-state index contributed by atoms with van der Waals surface area (Å²) in [7, 11) is 0. The van der Waals surface area contributed by atoms with Crippen LogP contribution >= 0.6 is 12.4 Å². The molecule has 0 aromatic heterocycles. The van der Waals surface area contributed by atoms with Gasteiger partial charge in [-0.15, -0.1) is 18.8 Å². The lowest BCUT2D eigenvalue weighted by Crippen LogP contribution is -2.38. The number of hydrogen-bond acceptors (Lipinski definition) is 4. The van der Waals surface area contributed by atoms with Crippen LogP contribution in [0.3, 0.4) is 0 Å². The molecule has 2 saturated heterocycles. The lowest BCUT2D eigenvalue weighted by Gasteiger charge is -2.23. The van der Waals surface area contributed by atoms with E-state index in [1.54, 1.807) is 4.90 Å². The van der Waals surface area contributed by atoms with Crippen molar-refractivity contribution in [3.8, 4) is 12.3 Å². The first kappa shape index (κ1) is 22.3. The van der Waals surface area contributed by atoms with Crippen LogP contribution in [0.15, 0.2) is 0 Å². The Morgan fingerprint density at radius 1 is 1.27 bits per heavy atom. The van der Waals surface area contributed by atoms with Crippen LogP contribution in [0.4, 0.5) is 0 Å². The van der Waals surface area contributed by atoms with Gasteiger partial charge >= 0.3 is 5.97 Å². The molecule has 0 saturated carbocycles. The van der Waals surface area contributed by atoms with Crippen LogP contribution in [0, 0.1) is 30.1 Å². The maximum absolute atomic E-state index is 12.3. The van der Waals surface area contributed by atoms with Crippen molar-refractivity contribution in [3.63, 3.8) is 0 Å². The van der Waals surface area contributed by atoms with Gasteiger partial charge in [-0.05, 0) is 44.7 Å². The Hall–Kier alpha value is -1.78. The molecule has 0 aromatic carbocycles. The number of nitrogens with zero attached hydrogens (tertiary/aromatic N) is 1. The van der Waals surface area contributed by atoms with Gasteiger partial charge in [0.15, 0.2) is 0 Å². The van der Waals surface area contributed by atoms with Crippen molar-refractivity contribution >= 4 is 30.2 Å². The summed E-state index contributed by atoms with van der Waals surface area (Å²) >= 11 is 0. The van der Waals surface area contributed by atoms with E-state index in [2.05, 4.69) is 16.6 Å². The summed E-state index contributed by atoms with van der Waals surface area (Å²) in [5, 5.41) is 14.8. The van der Waals surface area contributed by atoms with Gasteiger partial charge in [-0.2, -0.15) is 0 Å². The number of halogens is 1. The van der Waals surface area contributed by atoms with Crippen molar-refractivity contribution in [2.75, 3.05) is 32.7 Å². The first-order valence-corrected chi connectivity index (χ1v) is 8.96. The smallest absolute Gasteiger partial charge is 0.320 e. The maximum atomic E-state index is 12.3. The Labute approximate surface area is 160 Å². The summed E-state index contributed by atoms with van der Waals surface area (Å²) in [4.78, 5) is 37.1. The summed E-state index contributed by atoms with van der Waals surface area (Å²) in [6.45, 7) is 2.97. The Kier molecular flexibility index (Phi) is 9.46. The zero-order valence-corrected chi connectivity index (χ0v) is 15.7. The van der Waals surface area contributed by atoms with Gasteiger partial charge in [0.05, 0.1) is 5.92 Å². The maximum Gasteiger partial charge on any atom is 0.320 e. The van der Waals surface area contributed by atoms with Gasteiger partial charge in [-0.3, -0.25) is 14.4 Å². The molecular formula is C18H28ClN3O4. The molecule has 2 amide bonds. The number of rotatable bonds is 7. The molecule has 2 aliphatic rings. The molecule has 2 atom stereocenters. The van der Waals surface area contributed by atoms with Crippen molar-refractivity contribution in [1.29, 1.82) is 0 Å². The molecule has 0 aromatic rings. The Balaban J connectivity index is 0.00000338. The number of amides is 2. The topological polar surface area (TPSA) is 98.7 Å². The lowest BCUT2D eigenvalue weighted by atomic mass is 9.93. The SMILES string of the molecule is C#C[C@@H](CNC(=O)C1CCN(C(=O)CCC2CCNCC2)C1)C(=O)O.Cl. The second-order valence-electron chi connectivity index (χ2n) is 6.86. The van der Waals surface area contributed by atoms with E-state index >= 15 is 0 Å². The Morgan fingerprint density at radius 3 is 2.58 bits per heavy atom. The van der Waals surface area contributed by atoms with Gasteiger partial charge in [-0.25, -0.2) is 0 Å². The molecule has 2 aliphatic heterocycles. The summed E-state index contributed by atoms with van der Waals surface area (Å²) in [6, 6.07) is 0. The second kappa shape index (κ2) is 11.0. The third kappa shape index (κ3) is 6.50. The predicted octanol–water partition coefficient (Wildman–Crippen LogP) is 0.487. The van der Waals surface area contributed by atoms with Gasteiger partial charge in [0.1, 0.15) is 5.92 Å². The summed E-state index contributed by atoms with van der Waals surface area (Å²) < 4.78 is 0. The van der Waals surface area contributed by atoms with Gasteiger partial charge in [0, 0.05) is 26.1 Å². The fraction of sp³-hybridized carbons (Fsp3) is 0.722. The van der Waals surface area contributed by atoms with Crippen molar-refractivity contribution < 1.29 is 19.5 Å². The van der Waals surface area contributed by atoms with Crippen molar-refractivity contribution in [3.05, 3.63) is 0 Å². The molecule has 2 fully saturated rings. The standard InChI is InChI=1S/C18H27N3O4.ClH/c1-2-14(18(24)25)11-20-17(23)15-7-10-21(12-15)16(22)4-3-13-5-8-19-9-6-13;/h1,13-15,19H,3-12H2,(H,20,23)(H,24,25);1H/t14-,15?;/m0./s1. The first-order chi connectivity index (χ1) is 12.0. The number of carbonyl (C=O) groups excluding carboxylic acids is 2. The third-order valence-electron chi connectivity index (χ3n) is 5.12. The van der Waals surface area contributed by atoms with Crippen LogP contribution in [0.5, 0.6) is 0 Å². The predicted molar refractivity (Wildman–Crippen MR) is 99.7 cm³/mol. The number of carboxylic acid groups (broad SMARTS) is 1. The molecule has 1 unspecified atom stereocenters. The van der Waals surface area contributed by atoms with Crippen LogP contribution in [0.25, 0.3) is 0 Å². The number of carboxylic acids is 1. The van der Waals surface area contributed by atoms with E-state index in [-0.39, 0.29) is 36.7 Å². The lowest BCUT2D eigenvalue weighted by molar-refractivity contribution is -0.139. The number of likely N-dealkylation sites (tertiary alicyclic amines) is 1. The fourth-order valence-corrected chi connectivity index (χ4v) is 3.42. The number of hydrogen-bond donors (Lipinski definition) is 3. The minimum Gasteiger partial charge on any atom is -0.480 e. The first-order valence-electron chi connectivity index (χ1n) is 8.96. The highest BCUT2D eigenvalue weighted by molar-refractivity contribution is 5.85. The largest absolute Gasteiger partial charge is 0.480 e. The highest BCUT2D eigenvalue weighted by Gasteiger charge is 2.31. The van der Waals surface area contributed by atoms with Crippen LogP contribution in [-0.4, -0.2) is 60.5 Å². The molecule has 2 rings (SSSR count). The molecule has 2 heterocycles. The quantitative estimate of drug-likeness (QED) is 0.554. The van der Waals surface area contributed by atoms with E-state index in [4.69, 9.17) is 11.5 Å². The van der Waals surface area contributed by atoms with E-state index in [9.17, 15) is 14.4 Å².